The molecule has 0 aliphatic carbocycles. The summed E-state index contributed by atoms with van der Waals surface area (Å²) in [7, 11) is 0. The molecule has 1 fully saturated rings. The summed E-state index contributed by atoms with van der Waals surface area (Å²) in [5.74, 6) is 0.0974. The topological polar surface area (TPSA) is 50.2 Å². The zero-order valence-corrected chi connectivity index (χ0v) is 13.8. The van der Waals surface area contributed by atoms with Crippen LogP contribution in [-0.2, 0) is 0 Å². The van der Waals surface area contributed by atoms with Crippen LogP contribution < -0.4 is 5.32 Å². The Balaban J connectivity index is 1.88. The van der Waals surface area contributed by atoms with Crippen LogP contribution in [0.5, 0.6) is 0 Å². The minimum atomic E-state index is 0.0974. The Kier molecular flexibility index (Phi) is 4.76. The molecule has 0 spiro atoms. The van der Waals surface area contributed by atoms with Crippen molar-refractivity contribution in [2.45, 2.75) is 32.7 Å². The lowest BCUT2D eigenvalue weighted by Gasteiger charge is -2.28. The van der Waals surface area contributed by atoms with Crippen LogP contribution in [0.2, 0.25) is 0 Å². The third-order valence-corrected chi connectivity index (χ3v) is 4.44. The number of carbonyl (C=O) groups is 1. The first-order valence-corrected chi connectivity index (χ1v) is 8.34. The molecule has 1 atom stereocenters. The number of hydrogen-bond donors (Lipinski definition) is 1. The summed E-state index contributed by atoms with van der Waals surface area (Å²) in [6.07, 6.45) is 3.70. The van der Waals surface area contributed by atoms with Gasteiger partial charge in [0.15, 0.2) is 0 Å². The second-order valence-electron chi connectivity index (χ2n) is 6.04. The number of para-hydroxylation sites is 1. The molecule has 0 bridgehead atoms. The first-order valence-electron chi connectivity index (χ1n) is 8.34. The molecule has 2 aromatic rings. The lowest BCUT2D eigenvalue weighted by Crippen LogP contribution is -2.42. The molecule has 1 N–H and O–H groups in total. The summed E-state index contributed by atoms with van der Waals surface area (Å²) in [5.41, 5.74) is 2.58. The van der Waals surface area contributed by atoms with E-state index >= 15 is 0 Å². The molecule has 1 unspecified atom stereocenters. The van der Waals surface area contributed by atoms with E-state index in [1.807, 2.05) is 46.8 Å². The SMILES string of the molecule is CCCN(C(=O)c1cnn(-c2ccccc2)c1C)C1CCNC1. The molecule has 1 aliphatic rings. The molecular weight excluding hydrogens is 288 g/mol. The Bertz CT molecular complexity index is 659. The first kappa shape index (κ1) is 15.7. The Morgan fingerprint density at radius 3 is 2.83 bits per heavy atom. The van der Waals surface area contributed by atoms with Crippen molar-refractivity contribution < 1.29 is 4.79 Å². The van der Waals surface area contributed by atoms with Gasteiger partial charge in [0.1, 0.15) is 0 Å². The fourth-order valence-electron chi connectivity index (χ4n) is 3.20. The monoisotopic (exact) mass is 312 g/mol. The van der Waals surface area contributed by atoms with Gasteiger partial charge in [-0.15, -0.1) is 0 Å². The molecular formula is C18H24N4O. The summed E-state index contributed by atoms with van der Waals surface area (Å²) in [5, 5.41) is 7.78. The van der Waals surface area contributed by atoms with Gasteiger partial charge in [-0.2, -0.15) is 5.10 Å². The largest absolute Gasteiger partial charge is 0.334 e. The summed E-state index contributed by atoms with van der Waals surface area (Å²) in [4.78, 5) is 15.0. The van der Waals surface area contributed by atoms with Gasteiger partial charge >= 0.3 is 0 Å². The van der Waals surface area contributed by atoms with Crippen LogP contribution in [0.1, 0.15) is 35.8 Å². The summed E-state index contributed by atoms with van der Waals surface area (Å²) >= 11 is 0. The van der Waals surface area contributed by atoms with Gasteiger partial charge in [-0.05, 0) is 38.4 Å². The maximum atomic E-state index is 13.0. The number of benzene rings is 1. The molecule has 0 saturated carbocycles. The van der Waals surface area contributed by atoms with Crippen molar-refractivity contribution in [3.8, 4) is 5.69 Å². The quantitative estimate of drug-likeness (QED) is 0.922. The van der Waals surface area contributed by atoms with E-state index in [2.05, 4.69) is 17.3 Å². The highest BCUT2D eigenvalue weighted by Gasteiger charge is 2.28. The normalized spacial score (nSPS) is 17.4. The van der Waals surface area contributed by atoms with Crippen LogP contribution in [-0.4, -0.2) is 46.3 Å². The highest BCUT2D eigenvalue weighted by molar-refractivity contribution is 5.95. The number of nitrogens with one attached hydrogen (secondary N) is 1. The molecule has 1 amide bonds. The molecule has 0 radical (unpaired) electrons. The standard InChI is InChI=1S/C18H24N4O/c1-3-11-21(16-9-10-19-12-16)18(23)17-13-20-22(14(17)2)15-7-5-4-6-8-15/h4-8,13,16,19H,3,9-12H2,1-2H3. The number of carbonyl (C=O) groups excluding carboxylic acids is 1. The molecule has 5 heteroatoms. The van der Waals surface area contributed by atoms with Gasteiger partial charge < -0.3 is 10.2 Å². The van der Waals surface area contributed by atoms with Gasteiger partial charge in [0.25, 0.3) is 5.91 Å². The highest BCUT2D eigenvalue weighted by atomic mass is 16.2. The lowest BCUT2D eigenvalue weighted by atomic mass is 10.1. The number of aromatic nitrogens is 2. The average Bonchev–Trinajstić information content (AvgIpc) is 3.22. The van der Waals surface area contributed by atoms with Crippen molar-refractivity contribution >= 4 is 5.91 Å². The summed E-state index contributed by atoms with van der Waals surface area (Å²) in [6.45, 7) is 6.74. The molecule has 5 nitrogen and oxygen atoms in total. The van der Waals surface area contributed by atoms with Crippen molar-refractivity contribution in [3.63, 3.8) is 0 Å². The molecule has 1 aromatic carbocycles. The van der Waals surface area contributed by atoms with E-state index in [4.69, 9.17) is 0 Å². The fourth-order valence-corrected chi connectivity index (χ4v) is 3.20. The highest BCUT2D eigenvalue weighted by Crippen LogP contribution is 2.19. The molecule has 122 valence electrons. The van der Waals surface area contributed by atoms with Gasteiger partial charge in [0, 0.05) is 19.1 Å². The number of rotatable bonds is 5. The van der Waals surface area contributed by atoms with Gasteiger partial charge in [-0.25, -0.2) is 4.68 Å². The third-order valence-electron chi connectivity index (χ3n) is 4.44. The van der Waals surface area contributed by atoms with Gasteiger partial charge in [-0.3, -0.25) is 4.79 Å². The van der Waals surface area contributed by atoms with Crippen LogP contribution in [0.4, 0.5) is 0 Å². The Labute approximate surface area is 137 Å². The molecule has 1 aliphatic heterocycles. The molecule has 1 aromatic heterocycles. The Hall–Kier alpha value is -2.14. The van der Waals surface area contributed by atoms with Crippen molar-refractivity contribution in [2.24, 2.45) is 0 Å². The minimum Gasteiger partial charge on any atom is -0.334 e. The zero-order chi connectivity index (χ0) is 16.2. The third kappa shape index (κ3) is 3.15. The van der Waals surface area contributed by atoms with E-state index < -0.39 is 0 Å². The van der Waals surface area contributed by atoms with E-state index in [1.54, 1.807) is 6.20 Å². The smallest absolute Gasteiger partial charge is 0.257 e. The Morgan fingerprint density at radius 1 is 1.39 bits per heavy atom. The summed E-state index contributed by atoms with van der Waals surface area (Å²) in [6, 6.07) is 10.2. The maximum absolute atomic E-state index is 13.0. The first-order chi connectivity index (χ1) is 11.2. The molecule has 1 saturated heterocycles. The predicted molar refractivity (Wildman–Crippen MR) is 90.9 cm³/mol. The molecule has 3 rings (SSSR count). The zero-order valence-electron chi connectivity index (χ0n) is 13.8. The summed E-state index contributed by atoms with van der Waals surface area (Å²) < 4.78 is 1.84. The van der Waals surface area contributed by atoms with Crippen LogP contribution >= 0.6 is 0 Å². The van der Waals surface area contributed by atoms with E-state index in [0.717, 1.165) is 43.9 Å². The minimum absolute atomic E-state index is 0.0974. The number of nitrogens with zero attached hydrogens (tertiary/aromatic N) is 3. The average molecular weight is 312 g/mol. The fraction of sp³-hybridized carbons (Fsp3) is 0.444. The van der Waals surface area contributed by atoms with Crippen molar-refractivity contribution in [3.05, 3.63) is 47.8 Å². The second-order valence-corrected chi connectivity index (χ2v) is 6.04. The van der Waals surface area contributed by atoms with E-state index in [9.17, 15) is 4.79 Å². The van der Waals surface area contributed by atoms with Crippen LogP contribution in [0.15, 0.2) is 36.5 Å². The van der Waals surface area contributed by atoms with E-state index in [1.165, 1.54) is 0 Å². The Morgan fingerprint density at radius 2 is 2.17 bits per heavy atom. The molecule has 23 heavy (non-hydrogen) atoms. The number of amides is 1. The number of hydrogen-bond acceptors (Lipinski definition) is 3. The van der Waals surface area contributed by atoms with E-state index in [-0.39, 0.29) is 5.91 Å². The predicted octanol–water partition coefficient (Wildman–Crippen LogP) is 2.39. The van der Waals surface area contributed by atoms with Crippen molar-refractivity contribution in [2.75, 3.05) is 19.6 Å². The van der Waals surface area contributed by atoms with Crippen molar-refractivity contribution in [1.82, 2.24) is 20.0 Å². The van der Waals surface area contributed by atoms with Crippen molar-refractivity contribution in [1.29, 1.82) is 0 Å². The van der Waals surface area contributed by atoms with E-state index in [0.29, 0.717) is 11.6 Å². The van der Waals surface area contributed by atoms with Crippen LogP contribution in [0.25, 0.3) is 5.69 Å². The van der Waals surface area contributed by atoms with Crippen LogP contribution in [0.3, 0.4) is 0 Å². The second kappa shape index (κ2) is 6.96. The lowest BCUT2D eigenvalue weighted by molar-refractivity contribution is 0.0691. The molecule has 2 heterocycles. The van der Waals surface area contributed by atoms with Crippen LogP contribution in [0, 0.1) is 6.92 Å². The van der Waals surface area contributed by atoms with Gasteiger partial charge in [0.2, 0.25) is 0 Å². The maximum Gasteiger partial charge on any atom is 0.257 e. The van der Waals surface area contributed by atoms with Gasteiger partial charge in [-0.1, -0.05) is 25.1 Å². The van der Waals surface area contributed by atoms with Gasteiger partial charge in [0.05, 0.1) is 23.1 Å².